The minimum absolute atomic E-state index is 0.0496. The number of hydrogen-bond donors (Lipinski definition) is 1. The number of piperazine rings is 1. The lowest BCUT2D eigenvalue weighted by Crippen LogP contribution is -2.53. The van der Waals surface area contributed by atoms with Crippen LogP contribution in [0.1, 0.15) is 35.2 Å². The van der Waals surface area contributed by atoms with E-state index in [9.17, 15) is 9.90 Å². The SMILES string of the molecule is Cc1ccc(C(=O)N2CCN(C3CCCC3O)CC2)cc1Cl. The lowest BCUT2D eigenvalue weighted by Gasteiger charge is -2.39. The third-order valence-electron chi connectivity index (χ3n) is 4.93. The number of aliphatic hydroxyl groups excluding tert-OH is 1. The van der Waals surface area contributed by atoms with Crippen LogP contribution in [0.3, 0.4) is 0 Å². The Bertz CT molecular complexity index is 556. The molecule has 1 amide bonds. The van der Waals surface area contributed by atoms with E-state index in [0.717, 1.165) is 37.9 Å². The second-order valence-electron chi connectivity index (χ2n) is 6.36. The van der Waals surface area contributed by atoms with Gasteiger partial charge in [0.2, 0.25) is 0 Å². The van der Waals surface area contributed by atoms with Crippen LogP contribution in [-0.4, -0.2) is 59.1 Å². The Morgan fingerprint density at radius 1 is 1.23 bits per heavy atom. The molecule has 0 spiro atoms. The molecule has 1 aromatic rings. The monoisotopic (exact) mass is 322 g/mol. The van der Waals surface area contributed by atoms with Gasteiger partial charge in [-0.2, -0.15) is 0 Å². The zero-order valence-corrected chi connectivity index (χ0v) is 13.7. The molecule has 2 unspecified atom stereocenters. The van der Waals surface area contributed by atoms with Crippen LogP contribution in [0, 0.1) is 6.92 Å². The van der Waals surface area contributed by atoms with Crippen LogP contribution < -0.4 is 0 Å². The van der Waals surface area contributed by atoms with Crippen molar-refractivity contribution in [2.75, 3.05) is 26.2 Å². The number of rotatable bonds is 2. The van der Waals surface area contributed by atoms with Gasteiger partial charge in [-0.05, 0) is 43.9 Å². The van der Waals surface area contributed by atoms with Gasteiger partial charge in [0, 0.05) is 42.8 Å². The summed E-state index contributed by atoms with van der Waals surface area (Å²) in [7, 11) is 0. The van der Waals surface area contributed by atoms with Crippen molar-refractivity contribution in [3.05, 3.63) is 34.3 Å². The van der Waals surface area contributed by atoms with Crippen LogP contribution in [0.4, 0.5) is 0 Å². The summed E-state index contributed by atoms with van der Waals surface area (Å²) >= 11 is 6.12. The minimum Gasteiger partial charge on any atom is -0.391 e. The summed E-state index contributed by atoms with van der Waals surface area (Å²) in [6.45, 7) is 5.05. The number of carbonyl (C=O) groups excluding carboxylic acids is 1. The van der Waals surface area contributed by atoms with Gasteiger partial charge in [0.15, 0.2) is 0 Å². The number of nitrogens with zero attached hydrogens (tertiary/aromatic N) is 2. The molecule has 1 aliphatic heterocycles. The average molecular weight is 323 g/mol. The van der Waals surface area contributed by atoms with Crippen LogP contribution in [0.15, 0.2) is 18.2 Å². The van der Waals surface area contributed by atoms with E-state index in [-0.39, 0.29) is 18.1 Å². The van der Waals surface area contributed by atoms with Gasteiger partial charge in [-0.15, -0.1) is 0 Å². The fraction of sp³-hybridized carbons (Fsp3) is 0.588. The maximum absolute atomic E-state index is 12.6. The molecule has 1 aromatic carbocycles. The van der Waals surface area contributed by atoms with E-state index in [2.05, 4.69) is 4.90 Å². The number of aryl methyl sites for hydroxylation is 1. The quantitative estimate of drug-likeness (QED) is 0.908. The van der Waals surface area contributed by atoms with Crippen molar-refractivity contribution in [1.29, 1.82) is 0 Å². The number of aliphatic hydroxyl groups is 1. The number of hydrogen-bond acceptors (Lipinski definition) is 3. The molecule has 2 fully saturated rings. The summed E-state index contributed by atoms with van der Waals surface area (Å²) in [5, 5.41) is 10.7. The second-order valence-corrected chi connectivity index (χ2v) is 6.76. The molecular weight excluding hydrogens is 300 g/mol. The highest BCUT2D eigenvalue weighted by Gasteiger charge is 2.33. The average Bonchev–Trinajstić information content (AvgIpc) is 2.95. The van der Waals surface area contributed by atoms with Crippen LogP contribution in [0.5, 0.6) is 0 Å². The molecule has 1 saturated heterocycles. The molecule has 2 aliphatic rings. The van der Waals surface area contributed by atoms with E-state index in [0.29, 0.717) is 23.7 Å². The summed E-state index contributed by atoms with van der Waals surface area (Å²) in [5.41, 5.74) is 1.64. The Balaban J connectivity index is 1.61. The van der Waals surface area contributed by atoms with Crippen molar-refractivity contribution in [3.8, 4) is 0 Å². The molecular formula is C17H23ClN2O2. The Hall–Kier alpha value is -1.10. The van der Waals surface area contributed by atoms with Gasteiger partial charge in [-0.25, -0.2) is 0 Å². The van der Waals surface area contributed by atoms with E-state index < -0.39 is 0 Å². The highest BCUT2D eigenvalue weighted by Crippen LogP contribution is 2.25. The van der Waals surface area contributed by atoms with Crippen molar-refractivity contribution in [3.63, 3.8) is 0 Å². The summed E-state index contributed by atoms with van der Waals surface area (Å²) in [6, 6.07) is 5.77. The maximum Gasteiger partial charge on any atom is 0.253 e. The van der Waals surface area contributed by atoms with Crippen LogP contribution in [0.25, 0.3) is 0 Å². The van der Waals surface area contributed by atoms with Crippen LogP contribution in [-0.2, 0) is 0 Å². The van der Waals surface area contributed by atoms with E-state index in [1.807, 2.05) is 24.0 Å². The van der Waals surface area contributed by atoms with Gasteiger partial charge in [0.25, 0.3) is 5.91 Å². The first-order chi connectivity index (χ1) is 10.6. The summed E-state index contributed by atoms with van der Waals surface area (Å²) in [6.07, 6.45) is 2.89. The van der Waals surface area contributed by atoms with Gasteiger partial charge in [-0.3, -0.25) is 9.69 Å². The first-order valence-corrected chi connectivity index (χ1v) is 8.41. The Morgan fingerprint density at radius 3 is 2.55 bits per heavy atom. The van der Waals surface area contributed by atoms with E-state index in [1.165, 1.54) is 0 Å². The molecule has 1 aliphatic carbocycles. The zero-order valence-electron chi connectivity index (χ0n) is 13.0. The van der Waals surface area contributed by atoms with Crippen molar-refractivity contribution < 1.29 is 9.90 Å². The molecule has 1 saturated carbocycles. The summed E-state index contributed by atoms with van der Waals surface area (Å²) in [4.78, 5) is 16.8. The molecule has 0 bridgehead atoms. The molecule has 1 heterocycles. The lowest BCUT2D eigenvalue weighted by molar-refractivity contribution is 0.0315. The van der Waals surface area contributed by atoms with Gasteiger partial charge < -0.3 is 10.0 Å². The first kappa shape index (κ1) is 15.8. The minimum atomic E-state index is -0.196. The predicted octanol–water partition coefficient (Wildman–Crippen LogP) is 2.32. The Labute approximate surface area is 136 Å². The number of benzene rings is 1. The van der Waals surface area contributed by atoms with Crippen molar-refractivity contribution in [2.24, 2.45) is 0 Å². The number of carbonyl (C=O) groups is 1. The molecule has 22 heavy (non-hydrogen) atoms. The standard InChI is InChI=1S/C17H23ClN2O2/c1-12-5-6-13(11-14(12)18)17(22)20-9-7-19(8-10-20)15-3-2-4-16(15)21/h5-6,11,15-16,21H,2-4,7-10H2,1H3. The van der Waals surface area contributed by atoms with Gasteiger partial charge in [0.05, 0.1) is 6.10 Å². The Morgan fingerprint density at radius 2 is 1.95 bits per heavy atom. The fourth-order valence-electron chi connectivity index (χ4n) is 3.51. The number of halogens is 1. The van der Waals surface area contributed by atoms with Crippen LogP contribution in [0.2, 0.25) is 5.02 Å². The smallest absolute Gasteiger partial charge is 0.253 e. The summed E-state index contributed by atoms with van der Waals surface area (Å²) < 4.78 is 0. The molecule has 4 nitrogen and oxygen atoms in total. The molecule has 1 N–H and O–H groups in total. The van der Waals surface area contributed by atoms with Crippen LogP contribution >= 0.6 is 11.6 Å². The molecule has 0 radical (unpaired) electrons. The van der Waals surface area contributed by atoms with Gasteiger partial charge in [0.1, 0.15) is 0 Å². The Kier molecular flexibility index (Phi) is 4.71. The van der Waals surface area contributed by atoms with Crippen molar-refractivity contribution in [2.45, 2.75) is 38.3 Å². The van der Waals surface area contributed by atoms with Crippen molar-refractivity contribution >= 4 is 17.5 Å². The largest absolute Gasteiger partial charge is 0.391 e. The number of amides is 1. The third-order valence-corrected chi connectivity index (χ3v) is 5.34. The lowest BCUT2D eigenvalue weighted by atomic mass is 10.1. The molecule has 3 rings (SSSR count). The first-order valence-electron chi connectivity index (χ1n) is 8.04. The highest BCUT2D eigenvalue weighted by molar-refractivity contribution is 6.31. The normalized spacial score (nSPS) is 26.4. The molecule has 120 valence electrons. The highest BCUT2D eigenvalue weighted by atomic mass is 35.5. The fourth-order valence-corrected chi connectivity index (χ4v) is 3.69. The van der Waals surface area contributed by atoms with Gasteiger partial charge >= 0.3 is 0 Å². The maximum atomic E-state index is 12.6. The zero-order chi connectivity index (χ0) is 15.7. The van der Waals surface area contributed by atoms with E-state index in [4.69, 9.17) is 11.6 Å². The summed E-state index contributed by atoms with van der Waals surface area (Å²) in [5.74, 6) is 0.0496. The molecule has 2 atom stereocenters. The van der Waals surface area contributed by atoms with Crippen molar-refractivity contribution in [1.82, 2.24) is 9.80 Å². The third kappa shape index (κ3) is 3.14. The molecule has 5 heteroatoms. The molecule has 0 aromatic heterocycles. The van der Waals surface area contributed by atoms with E-state index in [1.54, 1.807) is 6.07 Å². The topological polar surface area (TPSA) is 43.8 Å². The van der Waals surface area contributed by atoms with E-state index >= 15 is 0 Å². The predicted molar refractivity (Wildman–Crippen MR) is 87.3 cm³/mol. The second kappa shape index (κ2) is 6.57. The van der Waals surface area contributed by atoms with Gasteiger partial charge in [-0.1, -0.05) is 17.7 Å².